The number of Topliss-reactive ketones (excluding diaryl/α,β-unsaturated/α-hetero) is 1. The van der Waals surface area contributed by atoms with Gasteiger partial charge >= 0.3 is 5.97 Å². The number of benzene rings is 3. The first-order chi connectivity index (χ1) is 25.7. The van der Waals surface area contributed by atoms with Crippen molar-refractivity contribution in [1.82, 2.24) is 0 Å². The van der Waals surface area contributed by atoms with Crippen molar-refractivity contribution in [2.24, 2.45) is 11.8 Å². The number of thiophene rings is 1. The highest BCUT2D eigenvalue weighted by molar-refractivity contribution is 7.19. The second kappa shape index (κ2) is 18.1. The highest BCUT2D eigenvalue weighted by Gasteiger charge is 2.52. The van der Waals surface area contributed by atoms with E-state index >= 15 is 0 Å². The number of allylic oxidation sites excluding steroid dienone is 3. The summed E-state index contributed by atoms with van der Waals surface area (Å²) in [6.45, 7) is 7.59. The Hall–Kier alpha value is -3.66. The van der Waals surface area contributed by atoms with Crippen LogP contribution in [0, 0.1) is 11.8 Å². The maximum atomic E-state index is 14.0. The molecule has 3 aromatic carbocycles. The van der Waals surface area contributed by atoms with Gasteiger partial charge in [-0.2, -0.15) is 0 Å². The molecule has 1 saturated heterocycles. The third-order valence-corrected chi connectivity index (χ3v) is 16.9. The molecular weight excluding hydrogens is 697 g/mol. The first-order valence-electron chi connectivity index (χ1n) is 19.2. The molecule has 6 rings (SSSR count). The zero-order chi connectivity index (χ0) is 37.3. The van der Waals surface area contributed by atoms with E-state index in [-0.39, 0.29) is 47.1 Å². The summed E-state index contributed by atoms with van der Waals surface area (Å²) in [6, 6.07) is 32.2. The molecule has 4 aromatic rings. The fraction of sp³-hybridized carbons (Fsp3) is 0.422. The van der Waals surface area contributed by atoms with Crippen molar-refractivity contribution in [2.45, 2.75) is 95.7 Å². The Morgan fingerprint density at radius 2 is 1.66 bits per heavy atom. The Morgan fingerprint density at radius 3 is 2.30 bits per heavy atom. The molecule has 8 heteroatoms. The number of fused-ring (bicyclic) bond motifs is 1. The number of hydrogen-bond acceptors (Lipinski definition) is 7. The molecule has 1 aromatic heterocycles. The van der Waals surface area contributed by atoms with Crippen molar-refractivity contribution in [3.05, 3.63) is 120 Å². The third kappa shape index (κ3) is 9.35. The van der Waals surface area contributed by atoms with Crippen LogP contribution in [0.1, 0.15) is 83.1 Å². The third-order valence-electron chi connectivity index (χ3n) is 10.7. The summed E-state index contributed by atoms with van der Waals surface area (Å²) in [4.78, 5) is 26.7. The summed E-state index contributed by atoms with van der Waals surface area (Å²) in [5.74, 6) is -0.383. The number of hydrogen-bond donors (Lipinski definition) is 0. The molecule has 280 valence electrons. The van der Waals surface area contributed by atoms with Crippen molar-refractivity contribution >= 4 is 51.9 Å². The van der Waals surface area contributed by atoms with Crippen LogP contribution in [0.4, 0.5) is 0 Å². The van der Waals surface area contributed by atoms with Crippen LogP contribution in [-0.2, 0) is 28.2 Å². The van der Waals surface area contributed by atoms with Gasteiger partial charge in [0.2, 0.25) is 0 Å². The lowest BCUT2D eigenvalue weighted by Crippen LogP contribution is -2.66. The van der Waals surface area contributed by atoms with Crippen molar-refractivity contribution < 1.29 is 28.2 Å². The van der Waals surface area contributed by atoms with E-state index in [0.717, 1.165) is 37.0 Å². The van der Waals surface area contributed by atoms with E-state index in [4.69, 9.17) is 18.6 Å². The largest absolute Gasteiger partial charge is 0.469 e. The van der Waals surface area contributed by atoms with Crippen molar-refractivity contribution in [2.75, 3.05) is 13.7 Å². The van der Waals surface area contributed by atoms with E-state index in [1.165, 1.54) is 27.6 Å². The summed E-state index contributed by atoms with van der Waals surface area (Å²) in [6.07, 6.45) is 13.6. The molecule has 0 amide bonds. The van der Waals surface area contributed by atoms with E-state index in [1.54, 1.807) is 11.3 Å². The standard InChI is InChI=1S/C45H54O6SSi/c1-45(2,3)53(34-20-9-7-10-21-34,35-22-11-8-12-23-35)51-39(42-31-33-19-15-16-25-41(33)52-42)29-28-36-37(24-13-5-6-14-26-43(47)48-4)40(32-38(36)46)50-44-27-17-18-30-49-44/h5,7-13,15-16,19-23,25,28-29,31,36-37,39-40,44H,6,14,17-18,24,26-27,30,32H2,1-4H3/t36-,37+,39+,40+,44?/m0/s1. The molecule has 6 nitrogen and oxygen atoms in total. The van der Waals surface area contributed by atoms with Crippen LogP contribution >= 0.6 is 11.3 Å². The SMILES string of the molecule is COC(=O)CCCC=CC[C@@H]1[C@H](C=C[C@@H](O[Si](c2ccccc2)(c2ccccc2)C(C)(C)C)c2cc3ccccc3s2)C(=O)C[C@H]1OC1CCCCO1. The predicted octanol–water partition coefficient (Wildman–Crippen LogP) is 9.48. The summed E-state index contributed by atoms with van der Waals surface area (Å²) < 4.78 is 26.3. The normalized spacial score (nSPS) is 21.8. The van der Waals surface area contributed by atoms with Gasteiger partial charge in [-0.15, -0.1) is 11.3 Å². The number of carbonyl (C=O) groups is 2. The summed E-state index contributed by atoms with van der Waals surface area (Å²) in [5, 5.41) is 3.39. The fourth-order valence-electron chi connectivity index (χ4n) is 7.94. The molecule has 53 heavy (non-hydrogen) atoms. The minimum atomic E-state index is -2.96. The first kappa shape index (κ1) is 39.0. The first-order valence-corrected chi connectivity index (χ1v) is 21.9. The number of esters is 1. The molecular formula is C45H54O6SSi. The van der Waals surface area contributed by atoms with Gasteiger partial charge in [-0.3, -0.25) is 9.59 Å². The predicted molar refractivity (Wildman–Crippen MR) is 217 cm³/mol. The van der Waals surface area contributed by atoms with Gasteiger partial charge in [-0.1, -0.05) is 124 Å². The summed E-state index contributed by atoms with van der Waals surface area (Å²) in [5.41, 5.74) is 0. The molecule has 2 heterocycles. The van der Waals surface area contributed by atoms with Crippen LogP contribution in [-0.4, -0.2) is 46.2 Å². The number of methoxy groups -OCH3 is 1. The number of ether oxygens (including phenoxy) is 3. The maximum absolute atomic E-state index is 14.0. The van der Waals surface area contributed by atoms with Crippen LogP contribution in [0.25, 0.3) is 10.1 Å². The molecule has 0 N–H and O–H groups in total. The molecule has 5 atom stereocenters. The van der Waals surface area contributed by atoms with Gasteiger partial charge in [0.25, 0.3) is 8.32 Å². The van der Waals surface area contributed by atoms with E-state index in [2.05, 4.69) is 136 Å². The van der Waals surface area contributed by atoms with E-state index in [9.17, 15) is 9.59 Å². The molecule has 1 aliphatic carbocycles. The number of rotatable bonds is 15. The van der Waals surface area contributed by atoms with E-state index in [0.29, 0.717) is 25.9 Å². The quantitative estimate of drug-likeness (QED) is 0.0522. The van der Waals surface area contributed by atoms with Crippen LogP contribution < -0.4 is 10.4 Å². The summed E-state index contributed by atoms with van der Waals surface area (Å²) in [7, 11) is -1.54. The van der Waals surface area contributed by atoms with Gasteiger partial charge in [0.05, 0.1) is 19.3 Å². The smallest absolute Gasteiger partial charge is 0.305 e. The van der Waals surface area contributed by atoms with Crippen molar-refractivity contribution in [1.29, 1.82) is 0 Å². The van der Waals surface area contributed by atoms with Crippen LogP contribution in [0.2, 0.25) is 5.04 Å². The van der Waals surface area contributed by atoms with Gasteiger partial charge < -0.3 is 18.6 Å². The zero-order valence-electron chi connectivity index (χ0n) is 31.6. The Bertz CT molecular complexity index is 1770. The second-order valence-corrected chi connectivity index (χ2v) is 20.6. The number of ketones is 1. The lowest BCUT2D eigenvalue weighted by Gasteiger charge is -2.44. The monoisotopic (exact) mass is 750 g/mol. The highest BCUT2D eigenvalue weighted by atomic mass is 32.1. The Morgan fingerprint density at radius 1 is 0.962 bits per heavy atom. The second-order valence-electron chi connectivity index (χ2n) is 15.3. The zero-order valence-corrected chi connectivity index (χ0v) is 33.4. The lowest BCUT2D eigenvalue weighted by molar-refractivity contribution is -0.194. The molecule has 0 bridgehead atoms. The molecule has 1 unspecified atom stereocenters. The summed E-state index contributed by atoms with van der Waals surface area (Å²) >= 11 is 1.76. The van der Waals surface area contributed by atoms with E-state index < -0.39 is 8.32 Å². The average Bonchev–Trinajstić information content (AvgIpc) is 3.73. The van der Waals surface area contributed by atoms with Crippen LogP contribution in [0.3, 0.4) is 0 Å². The molecule has 2 aliphatic rings. The number of carbonyl (C=O) groups excluding carboxylic acids is 2. The van der Waals surface area contributed by atoms with Crippen LogP contribution in [0.5, 0.6) is 0 Å². The van der Waals surface area contributed by atoms with Crippen LogP contribution in [0.15, 0.2) is 115 Å². The minimum absolute atomic E-state index is 0.0444. The Balaban J connectivity index is 1.37. The van der Waals surface area contributed by atoms with Gasteiger partial charge in [0, 0.05) is 40.9 Å². The lowest BCUT2D eigenvalue weighted by atomic mass is 9.90. The van der Waals surface area contributed by atoms with Crippen molar-refractivity contribution in [3.63, 3.8) is 0 Å². The molecule has 1 saturated carbocycles. The van der Waals surface area contributed by atoms with Gasteiger partial charge in [-0.05, 0) is 71.5 Å². The van der Waals surface area contributed by atoms with Gasteiger partial charge in [0.1, 0.15) is 5.78 Å². The molecule has 0 spiro atoms. The highest BCUT2D eigenvalue weighted by Crippen LogP contribution is 2.43. The molecule has 2 fully saturated rings. The molecule has 1 aliphatic heterocycles. The topological polar surface area (TPSA) is 71.1 Å². The fourth-order valence-corrected chi connectivity index (χ4v) is 13.7. The Labute approximate surface area is 320 Å². The van der Waals surface area contributed by atoms with Crippen molar-refractivity contribution in [3.8, 4) is 0 Å². The average molecular weight is 751 g/mol. The number of unbranched alkanes of at least 4 members (excludes halogenated alkanes) is 1. The van der Waals surface area contributed by atoms with Gasteiger partial charge in [-0.25, -0.2) is 0 Å². The minimum Gasteiger partial charge on any atom is -0.469 e. The van der Waals surface area contributed by atoms with Gasteiger partial charge in [0.15, 0.2) is 6.29 Å². The Kier molecular flexibility index (Phi) is 13.3. The maximum Gasteiger partial charge on any atom is 0.305 e. The molecule has 0 radical (unpaired) electrons. The van der Waals surface area contributed by atoms with E-state index in [1.807, 2.05) is 0 Å².